The molecule has 59 heavy (non-hydrogen) atoms. The number of carbonyl (C=O) groups excluding carboxylic acids is 2. The van der Waals surface area contributed by atoms with Crippen LogP contribution in [0, 0.1) is 0 Å². The number of hydrogen-bond acceptors (Lipinski definition) is 5. The minimum Gasteiger partial charge on any atom is -0.462 e. The summed E-state index contributed by atoms with van der Waals surface area (Å²) in [7, 11) is 0. The third-order valence-corrected chi connectivity index (χ3v) is 10.9. The Morgan fingerprint density at radius 2 is 0.915 bits per heavy atom. The number of amides is 1. The molecule has 6 nitrogen and oxygen atoms in total. The highest BCUT2D eigenvalue weighted by Gasteiger charge is 2.24. The van der Waals surface area contributed by atoms with Gasteiger partial charge < -0.3 is 20.3 Å². The number of allylic oxidation sites excluding steroid dienone is 12. The maximum atomic E-state index is 13.2. The molecule has 6 heteroatoms. The van der Waals surface area contributed by atoms with Gasteiger partial charge in [0, 0.05) is 6.42 Å². The van der Waals surface area contributed by atoms with E-state index in [2.05, 4.69) is 99.0 Å². The Bertz CT molecular complexity index is 1110. The Morgan fingerprint density at radius 3 is 1.39 bits per heavy atom. The highest BCUT2D eigenvalue weighted by atomic mass is 16.5. The molecule has 3 unspecified atom stereocenters. The molecule has 0 fully saturated rings. The number of carbonyl (C=O) groups is 2. The van der Waals surface area contributed by atoms with Gasteiger partial charge in [-0.25, -0.2) is 0 Å². The SMILES string of the molecule is CC/C=C/C=C/C=C/CCCCCCCCCC(=O)OC(CCCCC/C=C/C=C/C=C/CCCCCCC)CC(=O)NC(CO)C(O)CCCCCCCCCCC. The van der Waals surface area contributed by atoms with Crippen molar-refractivity contribution in [3.05, 3.63) is 72.9 Å². The lowest BCUT2D eigenvalue weighted by Crippen LogP contribution is -2.46. The second kappa shape index (κ2) is 46.4. The Labute approximate surface area is 364 Å². The van der Waals surface area contributed by atoms with Crippen LogP contribution in [0.4, 0.5) is 0 Å². The first-order valence-electron chi connectivity index (χ1n) is 24.7. The van der Waals surface area contributed by atoms with Crippen molar-refractivity contribution in [3.8, 4) is 0 Å². The molecule has 3 N–H and O–H groups in total. The highest BCUT2D eigenvalue weighted by molar-refractivity contribution is 5.77. The molecule has 0 saturated heterocycles. The molecule has 0 aliphatic heterocycles. The van der Waals surface area contributed by atoms with Gasteiger partial charge in [-0.05, 0) is 70.6 Å². The van der Waals surface area contributed by atoms with Gasteiger partial charge in [0.05, 0.1) is 25.2 Å². The average molecular weight is 824 g/mol. The average Bonchev–Trinajstić information content (AvgIpc) is 3.23. The highest BCUT2D eigenvalue weighted by Crippen LogP contribution is 2.17. The third-order valence-electron chi connectivity index (χ3n) is 10.9. The Balaban J connectivity index is 4.70. The van der Waals surface area contributed by atoms with E-state index < -0.39 is 18.2 Å². The molecule has 0 bridgehead atoms. The van der Waals surface area contributed by atoms with Crippen LogP contribution in [0.3, 0.4) is 0 Å². The quantitative estimate of drug-likeness (QED) is 0.0323. The van der Waals surface area contributed by atoms with Crippen LogP contribution in [-0.4, -0.2) is 46.9 Å². The first kappa shape index (κ1) is 56.3. The molecule has 0 aliphatic carbocycles. The monoisotopic (exact) mass is 824 g/mol. The number of aliphatic hydroxyl groups is 2. The Morgan fingerprint density at radius 1 is 0.508 bits per heavy atom. The number of aliphatic hydroxyl groups excluding tert-OH is 2. The van der Waals surface area contributed by atoms with Crippen molar-refractivity contribution in [2.45, 2.75) is 244 Å². The van der Waals surface area contributed by atoms with Crippen molar-refractivity contribution < 1.29 is 24.5 Å². The number of nitrogens with one attached hydrogen (secondary N) is 1. The van der Waals surface area contributed by atoms with Crippen molar-refractivity contribution in [2.24, 2.45) is 0 Å². The summed E-state index contributed by atoms with van der Waals surface area (Å²) in [6.45, 7) is 6.30. The third kappa shape index (κ3) is 41.8. The second-order valence-electron chi connectivity index (χ2n) is 16.6. The van der Waals surface area contributed by atoms with Crippen LogP contribution in [0.5, 0.6) is 0 Å². The molecule has 0 spiro atoms. The van der Waals surface area contributed by atoms with E-state index in [1.54, 1.807) is 0 Å². The van der Waals surface area contributed by atoms with Crippen LogP contribution in [0.25, 0.3) is 0 Å². The molecule has 0 saturated carbocycles. The lowest BCUT2D eigenvalue weighted by molar-refractivity contribution is -0.151. The number of hydrogen-bond donors (Lipinski definition) is 3. The predicted molar refractivity (Wildman–Crippen MR) is 255 cm³/mol. The summed E-state index contributed by atoms with van der Waals surface area (Å²) < 4.78 is 5.90. The van der Waals surface area contributed by atoms with E-state index >= 15 is 0 Å². The summed E-state index contributed by atoms with van der Waals surface area (Å²) in [6.07, 6.45) is 58.2. The maximum absolute atomic E-state index is 13.2. The standard InChI is InChI=1S/C53H93NO5/c1-4-7-10-13-16-19-21-23-25-27-28-30-33-35-38-41-44-49(47-52(57)54-50(48-55)51(56)45-42-39-36-32-18-15-12-9-6-3)59-53(58)46-43-40-37-34-31-29-26-24-22-20-17-14-11-8-5-2/h8,11,14,17,20-23,25,27-28,30,49-51,55-56H,4-7,9-10,12-13,15-16,18-19,24,26,29,31-48H2,1-3H3,(H,54,57)/b11-8+,17-14+,22-20+,23-21+,27-25+,30-28+. The van der Waals surface area contributed by atoms with E-state index in [0.717, 1.165) is 83.5 Å². The topological polar surface area (TPSA) is 95.9 Å². The first-order chi connectivity index (χ1) is 29.0. The van der Waals surface area contributed by atoms with Gasteiger partial charge in [-0.1, -0.05) is 216 Å². The zero-order chi connectivity index (χ0) is 43.1. The number of esters is 1. The normalized spacial score (nSPS) is 13.9. The van der Waals surface area contributed by atoms with Crippen LogP contribution < -0.4 is 5.32 Å². The molecule has 0 aromatic carbocycles. The summed E-state index contributed by atoms with van der Waals surface area (Å²) in [5, 5.41) is 23.6. The van der Waals surface area contributed by atoms with E-state index in [1.165, 1.54) is 96.3 Å². The molecule has 1 amide bonds. The lowest BCUT2D eigenvalue weighted by atomic mass is 10.0. The van der Waals surface area contributed by atoms with Crippen LogP contribution in [-0.2, 0) is 14.3 Å². The molecule has 0 radical (unpaired) electrons. The fraction of sp³-hybridized carbons (Fsp3) is 0.736. The van der Waals surface area contributed by atoms with Crippen molar-refractivity contribution in [1.82, 2.24) is 5.32 Å². The van der Waals surface area contributed by atoms with Crippen LogP contribution in [0.1, 0.15) is 226 Å². The summed E-state index contributed by atoms with van der Waals surface area (Å²) in [5.74, 6) is -0.525. The molecular weight excluding hydrogens is 731 g/mol. The van der Waals surface area contributed by atoms with Gasteiger partial charge in [0.2, 0.25) is 5.91 Å². The number of ether oxygens (including phenoxy) is 1. The van der Waals surface area contributed by atoms with Gasteiger partial charge in [-0.15, -0.1) is 0 Å². The molecule has 340 valence electrons. The van der Waals surface area contributed by atoms with Gasteiger partial charge >= 0.3 is 5.97 Å². The van der Waals surface area contributed by atoms with E-state index in [1.807, 2.05) is 0 Å². The minimum absolute atomic E-state index is 0.0470. The van der Waals surface area contributed by atoms with Crippen molar-refractivity contribution in [1.29, 1.82) is 0 Å². The van der Waals surface area contributed by atoms with Crippen LogP contribution >= 0.6 is 0 Å². The van der Waals surface area contributed by atoms with Gasteiger partial charge in [-0.3, -0.25) is 9.59 Å². The van der Waals surface area contributed by atoms with Crippen molar-refractivity contribution in [2.75, 3.05) is 6.61 Å². The summed E-state index contributed by atoms with van der Waals surface area (Å²) >= 11 is 0. The van der Waals surface area contributed by atoms with Gasteiger partial charge in [0.25, 0.3) is 0 Å². The molecule has 0 aromatic rings. The minimum atomic E-state index is -0.800. The maximum Gasteiger partial charge on any atom is 0.306 e. The zero-order valence-electron chi connectivity index (χ0n) is 38.6. The van der Waals surface area contributed by atoms with E-state index in [9.17, 15) is 19.8 Å². The second-order valence-corrected chi connectivity index (χ2v) is 16.6. The smallest absolute Gasteiger partial charge is 0.306 e. The van der Waals surface area contributed by atoms with Crippen molar-refractivity contribution >= 4 is 11.9 Å². The van der Waals surface area contributed by atoms with Crippen molar-refractivity contribution in [3.63, 3.8) is 0 Å². The van der Waals surface area contributed by atoms with Gasteiger partial charge in [-0.2, -0.15) is 0 Å². The Hall–Kier alpha value is -2.70. The lowest BCUT2D eigenvalue weighted by Gasteiger charge is -2.24. The zero-order valence-corrected chi connectivity index (χ0v) is 38.6. The summed E-state index contributed by atoms with van der Waals surface area (Å²) in [6, 6.07) is -0.716. The van der Waals surface area contributed by atoms with E-state index in [-0.39, 0.29) is 24.9 Å². The predicted octanol–water partition coefficient (Wildman–Crippen LogP) is 14.6. The molecule has 0 rings (SSSR count). The number of rotatable bonds is 43. The molecule has 0 aromatic heterocycles. The molecule has 0 heterocycles. The van der Waals surface area contributed by atoms with Gasteiger partial charge in [0.1, 0.15) is 6.10 Å². The largest absolute Gasteiger partial charge is 0.462 e. The first-order valence-corrected chi connectivity index (χ1v) is 24.7. The fourth-order valence-electron chi connectivity index (χ4n) is 7.14. The fourth-order valence-corrected chi connectivity index (χ4v) is 7.14. The molecule has 3 atom stereocenters. The van der Waals surface area contributed by atoms with Gasteiger partial charge in [0.15, 0.2) is 0 Å². The van der Waals surface area contributed by atoms with Crippen LogP contribution in [0.15, 0.2) is 72.9 Å². The van der Waals surface area contributed by atoms with E-state index in [4.69, 9.17) is 4.74 Å². The number of unbranched alkanes of at least 4 members (excludes halogenated alkanes) is 23. The summed E-state index contributed by atoms with van der Waals surface area (Å²) in [4.78, 5) is 26.1. The van der Waals surface area contributed by atoms with Crippen LogP contribution in [0.2, 0.25) is 0 Å². The van der Waals surface area contributed by atoms with E-state index in [0.29, 0.717) is 19.3 Å². The molecular formula is C53H93NO5. The Kier molecular flexibility index (Phi) is 44.2. The molecule has 0 aliphatic rings. The summed E-state index contributed by atoms with van der Waals surface area (Å²) in [5.41, 5.74) is 0.